The number of ether oxygens (including phenoxy) is 3. The van der Waals surface area contributed by atoms with E-state index in [9.17, 15) is 14.4 Å². The number of amides is 3. The molecule has 9 nitrogen and oxygen atoms in total. The number of piperazine rings is 1. The molecule has 30 heavy (non-hydrogen) atoms. The Kier molecular flexibility index (Phi) is 5.21. The van der Waals surface area contributed by atoms with Crippen LogP contribution in [0, 0.1) is 5.92 Å². The van der Waals surface area contributed by atoms with Gasteiger partial charge in [0, 0.05) is 50.9 Å². The number of benzene rings is 1. The van der Waals surface area contributed by atoms with Crippen molar-refractivity contribution < 1.29 is 28.6 Å². The van der Waals surface area contributed by atoms with Crippen LogP contribution in [0.4, 0.5) is 10.5 Å². The Morgan fingerprint density at radius 2 is 1.70 bits per heavy atom. The lowest BCUT2D eigenvalue weighted by molar-refractivity contribution is -0.137. The third kappa shape index (κ3) is 4.15. The molecule has 3 amide bonds. The summed E-state index contributed by atoms with van der Waals surface area (Å²) in [5.41, 5.74) is 0.154. The van der Waals surface area contributed by atoms with Gasteiger partial charge in [0.05, 0.1) is 5.92 Å². The second kappa shape index (κ2) is 7.70. The highest BCUT2D eigenvalue weighted by Gasteiger charge is 2.39. The summed E-state index contributed by atoms with van der Waals surface area (Å²) in [7, 11) is 0. The summed E-state index contributed by atoms with van der Waals surface area (Å²) >= 11 is 0. The molecule has 3 aliphatic rings. The fraction of sp³-hybridized carbons (Fsp3) is 0.571. The van der Waals surface area contributed by atoms with E-state index in [1.54, 1.807) is 32.9 Å². The smallest absolute Gasteiger partial charge is 0.410 e. The highest BCUT2D eigenvalue weighted by molar-refractivity contribution is 6.00. The van der Waals surface area contributed by atoms with E-state index in [0.29, 0.717) is 49.9 Å². The topological polar surface area (TPSA) is 88.6 Å². The second-order valence-corrected chi connectivity index (χ2v) is 8.74. The summed E-state index contributed by atoms with van der Waals surface area (Å²) in [5.74, 6) is 0.736. The van der Waals surface area contributed by atoms with Gasteiger partial charge < -0.3 is 28.9 Å². The van der Waals surface area contributed by atoms with E-state index >= 15 is 0 Å². The molecule has 2 saturated heterocycles. The minimum absolute atomic E-state index is 0.0459. The van der Waals surface area contributed by atoms with Gasteiger partial charge in [-0.1, -0.05) is 0 Å². The van der Waals surface area contributed by atoms with Crippen LogP contribution in [0.5, 0.6) is 11.5 Å². The van der Waals surface area contributed by atoms with E-state index in [1.807, 2.05) is 20.8 Å². The molecule has 3 aliphatic heterocycles. The van der Waals surface area contributed by atoms with E-state index < -0.39 is 11.5 Å². The van der Waals surface area contributed by atoms with Crippen molar-refractivity contribution in [2.24, 2.45) is 5.92 Å². The van der Waals surface area contributed by atoms with E-state index in [-0.39, 0.29) is 31.1 Å². The van der Waals surface area contributed by atoms with Crippen LogP contribution in [0.25, 0.3) is 0 Å². The Labute approximate surface area is 175 Å². The average molecular weight is 417 g/mol. The predicted molar refractivity (Wildman–Crippen MR) is 107 cm³/mol. The minimum atomic E-state index is -0.549. The number of hydrogen-bond acceptors (Lipinski definition) is 6. The lowest BCUT2D eigenvalue weighted by atomic mass is 10.1. The van der Waals surface area contributed by atoms with E-state index in [2.05, 4.69) is 0 Å². The molecular formula is C21H27N3O6. The Morgan fingerprint density at radius 1 is 1.03 bits per heavy atom. The van der Waals surface area contributed by atoms with Gasteiger partial charge in [-0.25, -0.2) is 4.79 Å². The number of hydrogen-bond donors (Lipinski definition) is 0. The molecule has 0 bridgehead atoms. The van der Waals surface area contributed by atoms with Crippen molar-refractivity contribution in [2.75, 3.05) is 44.4 Å². The van der Waals surface area contributed by atoms with Crippen molar-refractivity contribution in [2.45, 2.75) is 32.8 Å². The molecule has 0 spiro atoms. The van der Waals surface area contributed by atoms with Crippen LogP contribution in [0.15, 0.2) is 18.2 Å². The molecular weight excluding hydrogens is 390 g/mol. The highest BCUT2D eigenvalue weighted by Crippen LogP contribution is 2.37. The molecule has 0 saturated carbocycles. The van der Waals surface area contributed by atoms with Crippen molar-refractivity contribution in [3.8, 4) is 11.5 Å². The average Bonchev–Trinajstić information content (AvgIpc) is 3.32. The normalized spacial score (nSPS) is 21.2. The lowest BCUT2D eigenvalue weighted by Crippen LogP contribution is -2.53. The van der Waals surface area contributed by atoms with Crippen LogP contribution in [-0.4, -0.2) is 72.8 Å². The molecule has 0 aromatic heterocycles. The van der Waals surface area contributed by atoms with Crippen LogP contribution in [-0.2, 0) is 14.3 Å². The van der Waals surface area contributed by atoms with Crippen LogP contribution >= 0.6 is 0 Å². The van der Waals surface area contributed by atoms with Gasteiger partial charge in [0.2, 0.25) is 18.6 Å². The van der Waals surface area contributed by atoms with Gasteiger partial charge in [-0.3, -0.25) is 9.59 Å². The highest BCUT2D eigenvalue weighted by atomic mass is 16.7. The van der Waals surface area contributed by atoms with Gasteiger partial charge in [-0.2, -0.15) is 0 Å². The first kappa shape index (κ1) is 20.3. The first-order chi connectivity index (χ1) is 14.2. The van der Waals surface area contributed by atoms with Crippen molar-refractivity contribution >= 4 is 23.6 Å². The van der Waals surface area contributed by atoms with Gasteiger partial charge in [0.1, 0.15) is 5.60 Å². The van der Waals surface area contributed by atoms with Crippen molar-refractivity contribution in [1.82, 2.24) is 9.80 Å². The summed E-state index contributed by atoms with van der Waals surface area (Å²) in [5, 5.41) is 0. The zero-order valence-electron chi connectivity index (χ0n) is 17.6. The van der Waals surface area contributed by atoms with Crippen LogP contribution in [0.2, 0.25) is 0 Å². The van der Waals surface area contributed by atoms with E-state index in [4.69, 9.17) is 14.2 Å². The summed E-state index contributed by atoms with van der Waals surface area (Å²) in [6, 6.07) is 5.35. The number of rotatable bonds is 2. The molecule has 162 valence electrons. The molecule has 1 atom stereocenters. The molecule has 1 aromatic carbocycles. The zero-order chi connectivity index (χ0) is 21.5. The molecule has 9 heteroatoms. The molecule has 2 fully saturated rings. The maximum atomic E-state index is 13.0. The largest absolute Gasteiger partial charge is 0.454 e. The van der Waals surface area contributed by atoms with Gasteiger partial charge in [0.15, 0.2) is 11.5 Å². The zero-order valence-corrected chi connectivity index (χ0v) is 17.6. The first-order valence-corrected chi connectivity index (χ1v) is 10.2. The summed E-state index contributed by atoms with van der Waals surface area (Å²) < 4.78 is 16.1. The van der Waals surface area contributed by atoms with Gasteiger partial charge in [-0.05, 0) is 32.9 Å². The number of carbonyl (C=O) groups excluding carboxylic acids is 3. The molecule has 1 aromatic rings. The quantitative estimate of drug-likeness (QED) is 0.730. The Bertz CT molecular complexity index is 857. The molecule has 1 unspecified atom stereocenters. The SMILES string of the molecule is CC(C)(C)OC(=O)N1CCN(C(=O)C2CC(=O)N(c3ccc4c(c3)OCO4)C2)CC1. The maximum absolute atomic E-state index is 13.0. The van der Waals surface area contributed by atoms with Crippen molar-refractivity contribution in [3.63, 3.8) is 0 Å². The molecule has 3 heterocycles. The van der Waals surface area contributed by atoms with Gasteiger partial charge in [-0.15, -0.1) is 0 Å². The summed E-state index contributed by atoms with van der Waals surface area (Å²) in [6.45, 7) is 7.71. The van der Waals surface area contributed by atoms with E-state index in [0.717, 1.165) is 0 Å². The van der Waals surface area contributed by atoms with Crippen LogP contribution in [0.1, 0.15) is 27.2 Å². The molecule has 4 rings (SSSR count). The molecule has 0 radical (unpaired) electrons. The van der Waals surface area contributed by atoms with Gasteiger partial charge in [0.25, 0.3) is 0 Å². The number of fused-ring (bicyclic) bond motifs is 1. The fourth-order valence-electron chi connectivity index (χ4n) is 3.87. The lowest BCUT2D eigenvalue weighted by Gasteiger charge is -2.36. The standard InChI is InChI=1S/C21H27N3O6/c1-21(2,3)30-20(27)23-8-6-22(7-9-23)19(26)14-10-18(25)24(12-14)15-4-5-16-17(11-15)29-13-28-16/h4-5,11,14H,6-10,12-13H2,1-3H3. The fourth-order valence-corrected chi connectivity index (χ4v) is 3.87. The monoisotopic (exact) mass is 417 g/mol. The Balaban J connectivity index is 1.34. The number of anilines is 1. The first-order valence-electron chi connectivity index (χ1n) is 10.2. The summed E-state index contributed by atoms with van der Waals surface area (Å²) in [6.07, 6.45) is -0.181. The van der Waals surface area contributed by atoms with Gasteiger partial charge >= 0.3 is 6.09 Å². The van der Waals surface area contributed by atoms with Crippen LogP contribution in [0.3, 0.4) is 0 Å². The van der Waals surface area contributed by atoms with E-state index in [1.165, 1.54) is 0 Å². The molecule has 0 aliphatic carbocycles. The third-order valence-electron chi connectivity index (χ3n) is 5.39. The minimum Gasteiger partial charge on any atom is -0.454 e. The third-order valence-corrected chi connectivity index (χ3v) is 5.39. The van der Waals surface area contributed by atoms with Crippen molar-refractivity contribution in [1.29, 1.82) is 0 Å². The Hall–Kier alpha value is -2.97. The predicted octanol–water partition coefficient (Wildman–Crippen LogP) is 1.85. The summed E-state index contributed by atoms with van der Waals surface area (Å²) in [4.78, 5) is 42.7. The van der Waals surface area contributed by atoms with Crippen molar-refractivity contribution in [3.05, 3.63) is 18.2 Å². The second-order valence-electron chi connectivity index (χ2n) is 8.74. The maximum Gasteiger partial charge on any atom is 0.410 e. The number of carbonyl (C=O) groups is 3. The number of nitrogens with zero attached hydrogens (tertiary/aromatic N) is 3. The molecule has 0 N–H and O–H groups in total. The van der Waals surface area contributed by atoms with Crippen LogP contribution < -0.4 is 14.4 Å². The Morgan fingerprint density at radius 3 is 2.40 bits per heavy atom.